The van der Waals surface area contributed by atoms with E-state index in [2.05, 4.69) is 0 Å². The topological polar surface area (TPSA) is 61.2 Å². The number of hydrogen-bond acceptors (Lipinski definition) is 3. The molecule has 2 amide bonds. The zero-order valence-corrected chi connectivity index (χ0v) is 11.4. The lowest BCUT2D eigenvalue weighted by Gasteiger charge is -2.15. The number of benzene rings is 1. The molecule has 1 aromatic carbocycles. The van der Waals surface area contributed by atoms with Crippen molar-refractivity contribution in [2.75, 3.05) is 0 Å². The van der Waals surface area contributed by atoms with Gasteiger partial charge in [-0.15, -0.1) is 0 Å². The number of carbonyl (C=O) groups is 2. The highest BCUT2D eigenvalue weighted by Crippen LogP contribution is 2.28. The first-order valence-corrected chi connectivity index (χ1v) is 6.37. The van der Waals surface area contributed by atoms with E-state index in [1.165, 1.54) is 11.0 Å². The van der Waals surface area contributed by atoms with E-state index in [0.29, 0.717) is 16.1 Å². The van der Waals surface area contributed by atoms with E-state index >= 15 is 0 Å². The summed E-state index contributed by atoms with van der Waals surface area (Å²) in [5, 5.41) is 9.16. The summed E-state index contributed by atoms with van der Waals surface area (Å²) in [7, 11) is 0. The lowest BCUT2D eigenvalue weighted by atomic mass is 10.00. The van der Waals surface area contributed by atoms with Crippen LogP contribution in [0.2, 0.25) is 5.02 Å². The smallest absolute Gasteiger partial charge is 0.233 e. The molecule has 0 radical (unpaired) electrons. The fraction of sp³-hybridized carbons (Fsp3) is 0.357. The second-order valence-electron chi connectivity index (χ2n) is 4.76. The minimum absolute atomic E-state index is 0.164. The Morgan fingerprint density at radius 2 is 1.84 bits per heavy atom. The van der Waals surface area contributed by atoms with E-state index < -0.39 is 0 Å². The largest absolute Gasteiger partial charge is 0.278 e. The summed E-state index contributed by atoms with van der Waals surface area (Å²) >= 11 is 6.05. The minimum atomic E-state index is -0.287. The van der Waals surface area contributed by atoms with Crippen molar-refractivity contribution in [1.82, 2.24) is 4.90 Å². The van der Waals surface area contributed by atoms with Crippen LogP contribution in [-0.4, -0.2) is 16.7 Å². The van der Waals surface area contributed by atoms with Gasteiger partial charge in [0, 0.05) is 16.9 Å². The van der Waals surface area contributed by atoms with Crippen molar-refractivity contribution < 1.29 is 9.59 Å². The number of hydrogen-bond donors (Lipinski definition) is 0. The molecule has 0 N–H and O–H groups in total. The number of rotatable bonds is 2. The Balaban J connectivity index is 2.25. The predicted molar refractivity (Wildman–Crippen MR) is 70.1 cm³/mol. The zero-order valence-electron chi connectivity index (χ0n) is 10.7. The summed E-state index contributed by atoms with van der Waals surface area (Å²) in [4.78, 5) is 25.2. The molecule has 19 heavy (non-hydrogen) atoms. The molecule has 0 spiro atoms. The molecule has 0 aromatic heterocycles. The molecule has 1 heterocycles. The number of imide groups is 1. The second-order valence-corrected chi connectivity index (χ2v) is 5.17. The maximum atomic E-state index is 12.0. The monoisotopic (exact) mass is 276 g/mol. The first kappa shape index (κ1) is 13.6. The number of halogens is 1. The SMILES string of the molecule is CC1C(=O)N(Cc2ccc(C#N)cc2Cl)C(=O)C1C. The zero-order chi connectivity index (χ0) is 14.2. The first-order chi connectivity index (χ1) is 8.95. The third-order valence-electron chi connectivity index (χ3n) is 3.57. The molecule has 1 aromatic rings. The number of nitrogens with zero attached hydrogens (tertiary/aromatic N) is 2. The number of carbonyl (C=O) groups excluding carboxylic acids is 2. The Morgan fingerprint density at radius 3 is 2.32 bits per heavy atom. The van der Waals surface area contributed by atoms with Crippen molar-refractivity contribution in [3.8, 4) is 6.07 Å². The van der Waals surface area contributed by atoms with Gasteiger partial charge < -0.3 is 0 Å². The van der Waals surface area contributed by atoms with Crippen LogP contribution in [0.15, 0.2) is 18.2 Å². The summed E-state index contributed by atoms with van der Waals surface area (Å²) in [6, 6.07) is 6.82. The fourth-order valence-corrected chi connectivity index (χ4v) is 2.34. The summed E-state index contributed by atoms with van der Waals surface area (Å²) < 4.78 is 0. The van der Waals surface area contributed by atoms with Crippen LogP contribution in [0.5, 0.6) is 0 Å². The van der Waals surface area contributed by atoms with Crippen molar-refractivity contribution in [3.63, 3.8) is 0 Å². The number of likely N-dealkylation sites (tertiary alicyclic amines) is 1. The van der Waals surface area contributed by atoms with Crippen LogP contribution in [-0.2, 0) is 16.1 Å². The Labute approximate surface area is 116 Å². The maximum Gasteiger partial charge on any atom is 0.233 e. The van der Waals surface area contributed by atoms with Crippen LogP contribution < -0.4 is 0 Å². The van der Waals surface area contributed by atoms with E-state index in [-0.39, 0.29) is 30.2 Å². The molecule has 5 heteroatoms. The van der Waals surface area contributed by atoms with Crippen molar-refractivity contribution in [2.24, 2.45) is 11.8 Å². The molecule has 1 aliphatic heterocycles. The molecule has 98 valence electrons. The summed E-state index contributed by atoms with van der Waals surface area (Å²) in [5.74, 6) is -0.912. The lowest BCUT2D eigenvalue weighted by molar-refractivity contribution is -0.140. The van der Waals surface area contributed by atoms with Gasteiger partial charge in [0.15, 0.2) is 0 Å². The van der Waals surface area contributed by atoms with Gasteiger partial charge in [0.1, 0.15) is 0 Å². The third kappa shape index (κ3) is 2.34. The average molecular weight is 277 g/mol. The molecular weight excluding hydrogens is 264 g/mol. The van der Waals surface area contributed by atoms with Crippen LogP contribution in [0.1, 0.15) is 25.0 Å². The Kier molecular flexibility index (Phi) is 3.59. The van der Waals surface area contributed by atoms with E-state index in [0.717, 1.165) is 0 Å². The molecule has 1 fully saturated rings. The summed E-state index contributed by atoms with van der Waals surface area (Å²) in [6.45, 7) is 3.67. The lowest BCUT2D eigenvalue weighted by Crippen LogP contribution is -2.30. The van der Waals surface area contributed by atoms with Gasteiger partial charge in [-0.3, -0.25) is 14.5 Å². The highest BCUT2D eigenvalue weighted by Gasteiger charge is 2.42. The molecule has 0 bridgehead atoms. The Bertz CT molecular complexity index is 572. The Morgan fingerprint density at radius 1 is 1.26 bits per heavy atom. The highest BCUT2D eigenvalue weighted by molar-refractivity contribution is 6.31. The van der Waals surface area contributed by atoms with Crippen molar-refractivity contribution >= 4 is 23.4 Å². The van der Waals surface area contributed by atoms with E-state index in [9.17, 15) is 9.59 Å². The van der Waals surface area contributed by atoms with Crippen LogP contribution >= 0.6 is 11.6 Å². The maximum absolute atomic E-state index is 12.0. The first-order valence-electron chi connectivity index (χ1n) is 5.99. The molecule has 1 saturated heterocycles. The summed E-state index contributed by atoms with van der Waals surface area (Å²) in [6.07, 6.45) is 0. The van der Waals surface area contributed by atoms with Gasteiger partial charge in [0.05, 0.1) is 18.2 Å². The molecule has 0 saturated carbocycles. The van der Waals surface area contributed by atoms with Gasteiger partial charge in [-0.2, -0.15) is 5.26 Å². The molecule has 2 atom stereocenters. The van der Waals surface area contributed by atoms with Crippen LogP contribution in [0, 0.1) is 23.2 Å². The normalized spacial score (nSPS) is 22.7. The Hall–Kier alpha value is -1.86. The van der Waals surface area contributed by atoms with Crippen molar-refractivity contribution in [3.05, 3.63) is 34.3 Å². The molecule has 2 unspecified atom stereocenters. The highest BCUT2D eigenvalue weighted by atomic mass is 35.5. The van der Waals surface area contributed by atoms with Crippen molar-refractivity contribution in [2.45, 2.75) is 20.4 Å². The van der Waals surface area contributed by atoms with E-state index in [1.807, 2.05) is 6.07 Å². The minimum Gasteiger partial charge on any atom is -0.278 e. The fourth-order valence-electron chi connectivity index (χ4n) is 2.10. The number of amides is 2. The van der Waals surface area contributed by atoms with Gasteiger partial charge in [-0.25, -0.2) is 0 Å². The third-order valence-corrected chi connectivity index (χ3v) is 3.92. The van der Waals surface area contributed by atoms with E-state index in [4.69, 9.17) is 16.9 Å². The quantitative estimate of drug-likeness (QED) is 0.779. The predicted octanol–water partition coefficient (Wildman–Crippen LogP) is 2.35. The van der Waals surface area contributed by atoms with Crippen LogP contribution in [0.3, 0.4) is 0 Å². The molecule has 2 rings (SSSR count). The molecule has 4 nitrogen and oxygen atoms in total. The van der Waals surface area contributed by atoms with Gasteiger partial charge in [-0.1, -0.05) is 31.5 Å². The molecule has 0 aliphatic carbocycles. The van der Waals surface area contributed by atoms with Gasteiger partial charge in [0.25, 0.3) is 0 Å². The average Bonchev–Trinajstić information content (AvgIpc) is 2.58. The second kappa shape index (κ2) is 5.02. The standard InChI is InChI=1S/C14H13ClN2O2/c1-8-9(2)14(19)17(13(8)18)7-11-4-3-10(6-16)5-12(11)15/h3-5,8-9H,7H2,1-2H3. The van der Waals surface area contributed by atoms with Gasteiger partial charge >= 0.3 is 0 Å². The number of nitriles is 1. The van der Waals surface area contributed by atoms with Crippen molar-refractivity contribution in [1.29, 1.82) is 5.26 Å². The van der Waals surface area contributed by atoms with E-state index in [1.54, 1.807) is 26.0 Å². The molecule has 1 aliphatic rings. The summed E-state index contributed by atoms with van der Waals surface area (Å²) in [5.41, 5.74) is 1.12. The van der Waals surface area contributed by atoms with Gasteiger partial charge in [0.2, 0.25) is 11.8 Å². The van der Waals surface area contributed by atoms with Gasteiger partial charge in [-0.05, 0) is 17.7 Å². The van der Waals surface area contributed by atoms with Crippen LogP contribution in [0.25, 0.3) is 0 Å². The molecular formula is C14H13ClN2O2. The van der Waals surface area contributed by atoms with Crippen LogP contribution in [0.4, 0.5) is 0 Å².